The number of nitrogens with zero attached hydrogens (tertiary/aromatic N) is 1. The van der Waals surface area contributed by atoms with E-state index < -0.39 is 0 Å². The average molecular weight is 258 g/mol. The summed E-state index contributed by atoms with van der Waals surface area (Å²) in [6.45, 7) is 0. The molecule has 0 spiro atoms. The summed E-state index contributed by atoms with van der Waals surface area (Å²) in [4.78, 5) is 3.91. The molecule has 0 unspecified atom stereocenters. The van der Waals surface area contributed by atoms with Crippen LogP contribution >= 0.6 is 15.9 Å². The summed E-state index contributed by atoms with van der Waals surface area (Å²) < 4.78 is 0.868. The molecule has 72 valence electrons. The van der Waals surface area contributed by atoms with Crippen LogP contribution in [0.4, 0.5) is 0 Å². The average Bonchev–Trinajstić information content (AvgIpc) is 2.87. The van der Waals surface area contributed by atoms with Crippen LogP contribution in [0, 0.1) is 12.3 Å². The number of hydrogen-bond acceptors (Lipinski definition) is 1. The van der Waals surface area contributed by atoms with Crippen LogP contribution in [0.3, 0.4) is 0 Å². The van der Waals surface area contributed by atoms with Crippen molar-refractivity contribution in [3.8, 4) is 23.5 Å². The number of pyridine rings is 1. The minimum absolute atomic E-state index is 0.650. The van der Waals surface area contributed by atoms with Crippen molar-refractivity contribution in [3.63, 3.8) is 0 Å². The van der Waals surface area contributed by atoms with E-state index in [4.69, 9.17) is 6.42 Å². The van der Waals surface area contributed by atoms with Gasteiger partial charge < -0.3 is 0 Å². The fraction of sp³-hybridized carbons (Fsp3) is 0. The van der Waals surface area contributed by atoms with Gasteiger partial charge in [-0.1, -0.05) is 18.2 Å². The summed E-state index contributed by atoms with van der Waals surface area (Å²) in [5, 5.41) is 0. The van der Waals surface area contributed by atoms with Crippen molar-refractivity contribution < 1.29 is 0 Å². The first kappa shape index (κ1) is 9.95. The number of fused-ring (bicyclic) bond motifs is 1. The SMILES string of the molecule is C#Cc1ncccc1Br.c1cc2cc-2c1. The molecule has 1 aromatic rings. The molecule has 0 aromatic carbocycles. The maximum absolute atomic E-state index is 5.11. The second kappa shape index (κ2) is 4.29. The number of halogens is 1. The molecule has 0 amide bonds. The number of rotatable bonds is 0. The minimum atomic E-state index is 0.650. The van der Waals surface area contributed by atoms with Crippen molar-refractivity contribution in [1.82, 2.24) is 4.98 Å². The van der Waals surface area contributed by atoms with Crippen molar-refractivity contribution in [2.45, 2.75) is 0 Å². The van der Waals surface area contributed by atoms with E-state index >= 15 is 0 Å². The van der Waals surface area contributed by atoms with Gasteiger partial charge in [0.1, 0.15) is 5.69 Å². The highest BCUT2D eigenvalue weighted by Crippen LogP contribution is 2.32. The lowest BCUT2D eigenvalue weighted by atomic mass is 10.4. The summed E-state index contributed by atoms with van der Waals surface area (Å²) in [5.74, 6) is 2.44. The van der Waals surface area contributed by atoms with Crippen molar-refractivity contribution in [1.29, 1.82) is 0 Å². The summed E-state index contributed by atoms with van der Waals surface area (Å²) in [5.41, 5.74) is 3.50. The lowest BCUT2D eigenvalue weighted by Gasteiger charge is -1.89. The van der Waals surface area contributed by atoms with Gasteiger partial charge in [0, 0.05) is 6.20 Å². The van der Waals surface area contributed by atoms with Crippen LogP contribution in [-0.2, 0) is 0 Å². The fourth-order valence-electron chi connectivity index (χ4n) is 1.17. The first-order chi connectivity index (χ1) is 7.31. The number of aromatic nitrogens is 1. The lowest BCUT2D eigenvalue weighted by Crippen LogP contribution is -1.80. The highest BCUT2D eigenvalue weighted by molar-refractivity contribution is 9.10. The van der Waals surface area contributed by atoms with Gasteiger partial charge in [-0.25, -0.2) is 4.98 Å². The van der Waals surface area contributed by atoms with Crippen LogP contribution in [0.15, 0.2) is 47.1 Å². The molecule has 3 rings (SSSR count). The first-order valence-corrected chi connectivity index (χ1v) is 5.28. The molecule has 0 atom stereocenters. The Bertz CT molecular complexity index is 509. The monoisotopic (exact) mass is 257 g/mol. The largest absolute Gasteiger partial charge is 0.247 e. The second-order valence-corrected chi connectivity index (χ2v) is 3.91. The molecule has 0 saturated carbocycles. The molecule has 2 heteroatoms. The lowest BCUT2D eigenvalue weighted by molar-refractivity contribution is 1.27. The van der Waals surface area contributed by atoms with E-state index in [0.29, 0.717) is 5.69 Å². The zero-order chi connectivity index (χ0) is 10.7. The van der Waals surface area contributed by atoms with E-state index in [1.165, 1.54) is 11.1 Å². The van der Waals surface area contributed by atoms with Gasteiger partial charge in [-0.05, 0) is 51.2 Å². The van der Waals surface area contributed by atoms with Gasteiger partial charge in [0.15, 0.2) is 0 Å². The Hall–Kier alpha value is -1.59. The Morgan fingerprint density at radius 2 is 1.87 bits per heavy atom. The highest BCUT2D eigenvalue weighted by Gasteiger charge is 2.06. The van der Waals surface area contributed by atoms with Gasteiger partial charge in [0.2, 0.25) is 0 Å². The summed E-state index contributed by atoms with van der Waals surface area (Å²) in [6.07, 6.45) is 6.77. The molecule has 2 aliphatic rings. The molecule has 1 aromatic heterocycles. The summed E-state index contributed by atoms with van der Waals surface area (Å²) in [6, 6.07) is 12.2. The van der Waals surface area contributed by atoms with Crippen LogP contribution in [0.1, 0.15) is 5.69 Å². The third-order valence-corrected chi connectivity index (χ3v) is 2.65. The highest BCUT2D eigenvalue weighted by atomic mass is 79.9. The Labute approximate surface area is 97.3 Å². The van der Waals surface area contributed by atoms with E-state index in [2.05, 4.69) is 51.1 Å². The van der Waals surface area contributed by atoms with E-state index in [1.54, 1.807) is 6.20 Å². The van der Waals surface area contributed by atoms with E-state index in [0.717, 1.165) is 4.47 Å². The van der Waals surface area contributed by atoms with Gasteiger partial charge in [0.25, 0.3) is 0 Å². The van der Waals surface area contributed by atoms with Crippen LogP contribution in [0.5, 0.6) is 0 Å². The quantitative estimate of drug-likeness (QED) is 0.562. The predicted molar refractivity (Wildman–Crippen MR) is 65.3 cm³/mol. The van der Waals surface area contributed by atoms with Gasteiger partial charge in [-0.3, -0.25) is 0 Å². The van der Waals surface area contributed by atoms with Gasteiger partial charge >= 0.3 is 0 Å². The number of terminal acetylenes is 1. The zero-order valence-corrected chi connectivity index (χ0v) is 9.53. The Kier molecular flexibility index (Phi) is 2.84. The molecule has 0 saturated heterocycles. The van der Waals surface area contributed by atoms with Crippen molar-refractivity contribution >= 4 is 15.9 Å². The molecule has 2 aliphatic carbocycles. The predicted octanol–water partition coefficient (Wildman–Crippen LogP) is 3.49. The zero-order valence-electron chi connectivity index (χ0n) is 7.94. The first-order valence-electron chi connectivity index (χ1n) is 4.49. The molecule has 1 nitrogen and oxygen atoms in total. The van der Waals surface area contributed by atoms with Gasteiger partial charge in [-0.15, -0.1) is 6.42 Å². The molecular weight excluding hydrogens is 250 g/mol. The van der Waals surface area contributed by atoms with Crippen LogP contribution < -0.4 is 0 Å². The van der Waals surface area contributed by atoms with Gasteiger partial charge in [0.05, 0.1) is 4.47 Å². The van der Waals surface area contributed by atoms with E-state index in [9.17, 15) is 0 Å². The van der Waals surface area contributed by atoms with Crippen LogP contribution in [0.2, 0.25) is 0 Å². The van der Waals surface area contributed by atoms with Crippen LogP contribution in [0.25, 0.3) is 11.1 Å². The summed E-state index contributed by atoms with van der Waals surface area (Å²) >= 11 is 3.25. The standard InChI is InChI=1S/C7H4BrN.C6H4/c1-2-7-6(8)4-3-5-9-7;1-2-5-4-6(5)3-1/h1,3-5H;1-4H. The van der Waals surface area contributed by atoms with E-state index in [-0.39, 0.29) is 0 Å². The summed E-state index contributed by atoms with van der Waals surface area (Å²) in [7, 11) is 0. The smallest absolute Gasteiger partial charge is 0.127 e. The van der Waals surface area contributed by atoms with Crippen molar-refractivity contribution in [2.24, 2.45) is 0 Å². The molecule has 0 radical (unpaired) electrons. The maximum Gasteiger partial charge on any atom is 0.127 e. The third-order valence-electron chi connectivity index (χ3n) is 2.01. The Balaban J connectivity index is 0.000000121. The fourth-order valence-corrected chi connectivity index (χ4v) is 1.54. The third kappa shape index (κ3) is 2.45. The van der Waals surface area contributed by atoms with E-state index in [1.807, 2.05) is 12.1 Å². The molecule has 0 bridgehead atoms. The maximum atomic E-state index is 5.11. The van der Waals surface area contributed by atoms with Crippen LogP contribution in [-0.4, -0.2) is 4.98 Å². The second-order valence-electron chi connectivity index (χ2n) is 3.06. The number of hydrogen-bond donors (Lipinski definition) is 0. The van der Waals surface area contributed by atoms with Crippen molar-refractivity contribution in [2.75, 3.05) is 0 Å². The molecule has 0 aliphatic heterocycles. The Morgan fingerprint density at radius 1 is 1.13 bits per heavy atom. The molecule has 1 heterocycles. The molecule has 0 N–H and O–H groups in total. The molecular formula is C13H8BrN. The topological polar surface area (TPSA) is 12.9 Å². The number of benzene rings is 1. The van der Waals surface area contributed by atoms with Crippen molar-refractivity contribution in [3.05, 3.63) is 52.8 Å². The minimum Gasteiger partial charge on any atom is -0.247 e. The molecule has 0 fully saturated rings. The normalized spacial score (nSPS) is 9.60. The Morgan fingerprint density at radius 3 is 2.20 bits per heavy atom. The van der Waals surface area contributed by atoms with Gasteiger partial charge in [-0.2, -0.15) is 0 Å². The molecule has 15 heavy (non-hydrogen) atoms.